The third-order valence-electron chi connectivity index (χ3n) is 0.402. The van der Waals surface area contributed by atoms with E-state index in [4.69, 9.17) is 10.2 Å². The van der Waals surface area contributed by atoms with Crippen molar-refractivity contribution in [3.05, 3.63) is 12.4 Å². The highest BCUT2D eigenvalue weighted by Gasteiger charge is 2.11. The van der Waals surface area contributed by atoms with Crippen LogP contribution in [0, 0.1) is 11.5 Å². The van der Waals surface area contributed by atoms with Gasteiger partial charge in [0, 0.05) is 5.82 Å². The molecule has 0 aliphatic rings. The van der Waals surface area contributed by atoms with Gasteiger partial charge >= 0.3 is 7.60 Å². The zero-order valence-corrected chi connectivity index (χ0v) is 4.84. The lowest BCUT2D eigenvalue weighted by Gasteiger charge is -1.96. The molecule has 0 amide bonds. The molecule has 1 unspecified atom stereocenters. The van der Waals surface area contributed by atoms with Crippen LogP contribution in [-0.4, -0.2) is 4.89 Å². The Balaban J connectivity index is 3.98. The summed E-state index contributed by atoms with van der Waals surface area (Å²) < 4.78 is 13.9. The van der Waals surface area contributed by atoms with Gasteiger partial charge in [-0.15, -0.1) is 5.26 Å². The Morgan fingerprint density at radius 2 is 2.50 bits per heavy atom. The van der Waals surface area contributed by atoms with Crippen LogP contribution in [0.15, 0.2) is 12.4 Å². The van der Waals surface area contributed by atoms with Crippen LogP contribution < -0.4 is 0 Å². The molecule has 0 saturated carbocycles. The first-order valence-electron chi connectivity index (χ1n) is 1.66. The van der Waals surface area contributed by atoms with Gasteiger partial charge in [-0.1, -0.05) is 6.58 Å². The molecule has 0 rings (SSSR count). The quantitative estimate of drug-likeness (QED) is 0.447. The molecule has 0 aromatic heterocycles. The lowest BCUT2D eigenvalue weighted by Crippen LogP contribution is -1.73. The van der Waals surface area contributed by atoms with Crippen molar-refractivity contribution < 1.29 is 14.0 Å². The number of hydrogen-bond acceptors (Lipinski definition) is 3. The molecule has 1 atom stereocenters. The monoisotopic (exact) mass is 133 g/mol. The largest absolute Gasteiger partial charge is 0.409 e. The fourth-order valence-electron chi connectivity index (χ4n) is 0.0958. The van der Waals surface area contributed by atoms with E-state index >= 15 is 0 Å². The molecule has 5 heteroatoms. The van der Waals surface area contributed by atoms with Crippen molar-refractivity contribution in [3.8, 4) is 6.26 Å². The maximum absolute atomic E-state index is 10.2. The van der Waals surface area contributed by atoms with Crippen LogP contribution >= 0.6 is 7.60 Å². The summed E-state index contributed by atoms with van der Waals surface area (Å²) in [6, 6.07) is 0. The minimum Gasteiger partial charge on any atom is -0.346 e. The van der Waals surface area contributed by atoms with Crippen molar-refractivity contribution in [1.82, 2.24) is 0 Å². The zero-order chi connectivity index (χ0) is 6.62. The van der Waals surface area contributed by atoms with Crippen LogP contribution in [0.3, 0.4) is 0 Å². The first kappa shape index (κ1) is 7.22. The first-order chi connectivity index (χ1) is 3.62. The Morgan fingerprint density at radius 3 is 2.62 bits per heavy atom. The van der Waals surface area contributed by atoms with Crippen molar-refractivity contribution in [3.63, 3.8) is 0 Å². The maximum atomic E-state index is 10.2. The average molecular weight is 133 g/mol. The van der Waals surface area contributed by atoms with E-state index < -0.39 is 7.60 Å². The molecule has 0 saturated heterocycles. The van der Waals surface area contributed by atoms with Crippen molar-refractivity contribution in [2.45, 2.75) is 0 Å². The third-order valence-corrected chi connectivity index (χ3v) is 1.21. The van der Waals surface area contributed by atoms with Gasteiger partial charge in [-0.25, -0.2) is 4.57 Å². The summed E-state index contributed by atoms with van der Waals surface area (Å²) in [4.78, 5) is 8.32. The van der Waals surface area contributed by atoms with Crippen molar-refractivity contribution in [1.29, 1.82) is 5.26 Å². The van der Waals surface area contributed by atoms with Crippen LogP contribution in [0.25, 0.3) is 0 Å². The minimum absolute atomic E-state index is 0.691. The molecule has 0 aromatic rings. The summed E-state index contributed by atoms with van der Waals surface area (Å²) in [5.41, 5.74) is 0. The Kier molecular flexibility index (Phi) is 2.26. The fraction of sp³-hybridized carbons (Fsp3) is 0. The number of hydrogen-bond donors (Lipinski definition) is 1. The Morgan fingerprint density at radius 1 is 2.00 bits per heavy atom. The highest BCUT2D eigenvalue weighted by atomic mass is 31.2. The molecule has 0 aromatic carbocycles. The number of rotatable bonds is 2. The van der Waals surface area contributed by atoms with E-state index in [1.807, 2.05) is 0 Å². The summed E-state index contributed by atoms with van der Waals surface area (Å²) in [5, 5.41) is 7.68. The van der Waals surface area contributed by atoms with Gasteiger partial charge in [0.05, 0.1) is 0 Å². The van der Waals surface area contributed by atoms with E-state index in [1.165, 1.54) is 0 Å². The SMILES string of the molecule is C=CP(=O)(O)OC#N. The maximum Gasteiger partial charge on any atom is 0.409 e. The molecule has 8 heavy (non-hydrogen) atoms. The van der Waals surface area contributed by atoms with E-state index in [2.05, 4.69) is 11.1 Å². The summed E-state index contributed by atoms with van der Waals surface area (Å²) in [5.74, 6) is 0.691. The van der Waals surface area contributed by atoms with Crippen molar-refractivity contribution in [2.75, 3.05) is 0 Å². The van der Waals surface area contributed by atoms with E-state index in [1.54, 1.807) is 0 Å². The molecule has 0 spiro atoms. The molecule has 0 aliphatic carbocycles. The molecule has 0 radical (unpaired) electrons. The Labute approximate surface area is 46.5 Å². The van der Waals surface area contributed by atoms with Crippen LogP contribution in [0.5, 0.6) is 0 Å². The summed E-state index contributed by atoms with van der Waals surface area (Å²) in [6.07, 6.45) is 1.07. The van der Waals surface area contributed by atoms with Gasteiger partial charge in [-0.3, -0.25) is 0 Å². The zero-order valence-electron chi connectivity index (χ0n) is 3.94. The van der Waals surface area contributed by atoms with E-state index in [0.29, 0.717) is 5.82 Å². The summed E-state index contributed by atoms with van der Waals surface area (Å²) >= 11 is 0. The van der Waals surface area contributed by atoms with Gasteiger partial charge in [0.2, 0.25) is 0 Å². The second kappa shape index (κ2) is 2.51. The molecule has 44 valence electrons. The molecular weight excluding hydrogens is 129 g/mol. The highest BCUT2D eigenvalue weighted by molar-refractivity contribution is 7.56. The molecule has 4 nitrogen and oxygen atoms in total. The van der Waals surface area contributed by atoms with Crippen LogP contribution in [0.4, 0.5) is 0 Å². The summed E-state index contributed by atoms with van der Waals surface area (Å²) in [6.45, 7) is 2.96. The second-order valence-corrected chi connectivity index (χ2v) is 2.61. The predicted octanol–water partition coefficient (Wildman–Crippen LogP) is 0.813. The van der Waals surface area contributed by atoms with Crippen molar-refractivity contribution >= 4 is 7.60 Å². The van der Waals surface area contributed by atoms with Crippen LogP contribution in [-0.2, 0) is 9.09 Å². The van der Waals surface area contributed by atoms with Gasteiger partial charge in [-0.05, 0) is 0 Å². The fourth-order valence-corrected chi connectivity index (χ4v) is 0.287. The number of nitriles is 1. The van der Waals surface area contributed by atoms with Crippen LogP contribution in [0.2, 0.25) is 0 Å². The van der Waals surface area contributed by atoms with Gasteiger partial charge in [0.25, 0.3) is 6.26 Å². The van der Waals surface area contributed by atoms with Gasteiger partial charge < -0.3 is 9.42 Å². The van der Waals surface area contributed by atoms with E-state index in [0.717, 1.165) is 6.26 Å². The summed E-state index contributed by atoms with van der Waals surface area (Å²) in [7, 11) is -3.77. The van der Waals surface area contributed by atoms with Crippen molar-refractivity contribution in [2.24, 2.45) is 0 Å². The van der Waals surface area contributed by atoms with Gasteiger partial charge in [0.1, 0.15) is 0 Å². The molecule has 0 aliphatic heterocycles. The van der Waals surface area contributed by atoms with E-state index in [-0.39, 0.29) is 0 Å². The lowest BCUT2D eigenvalue weighted by molar-refractivity contribution is 0.371. The predicted molar refractivity (Wildman–Crippen MR) is 26.7 cm³/mol. The molecule has 0 heterocycles. The molecule has 0 fully saturated rings. The first-order valence-corrected chi connectivity index (χ1v) is 3.31. The minimum atomic E-state index is -3.77. The standard InChI is InChI=1S/C3H4NO3P/c1-2-8(5,6)7-3-4/h2H,1H2,(H,5,6). The van der Waals surface area contributed by atoms with Gasteiger partial charge in [-0.2, -0.15) is 0 Å². The van der Waals surface area contributed by atoms with Gasteiger partial charge in [0.15, 0.2) is 0 Å². The average Bonchev–Trinajstić information content (AvgIpc) is 1.67. The molecule has 1 N–H and O–H groups in total. The Hall–Kier alpha value is -0.780. The van der Waals surface area contributed by atoms with Crippen LogP contribution in [0.1, 0.15) is 0 Å². The highest BCUT2D eigenvalue weighted by Crippen LogP contribution is 2.41. The lowest BCUT2D eigenvalue weighted by atomic mass is 11.3. The smallest absolute Gasteiger partial charge is 0.346 e. The number of nitrogens with zero attached hydrogens (tertiary/aromatic N) is 1. The third kappa shape index (κ3) is 2.40. The van der Waals surface area contributed by atoms with E-state index in [9.17, 15) is 4.57 Å². The normalized spacial score (nSPS) is 15.5. The second-order valence-electron chi connectivity index (χ2n) is 0.929. The molecule has 0 bridgehead atoms. The Bertz CT molecular complexity index is 170. The molecular formula is C3H4NO3P. The topological polar surface area (TPSA) is 70.3 Å².